The first-order valence-corrected chi connectivity index (χ1v) is 14.2. The third-order valence-electron chi connectivity index (χ3n) is 4.90. The van der Waals surface area contributed by atoms with Crippen LogP contribution in [0.5, 0.6) is 5.75 Å². The fraction of sp³-hybridized carbons (Fsp3) is 0.190. The van der Waals surface area contributed by atoms with Crippen molar-refractivity contribution in [3.8, 4) is 16.9 Å². The van der Waals surface area contributed by atoms with Gasteiger partial charge >= 0.3 is 10.1 Å². The van der Waals surface area contributed by atoms with E-state index in [1.54, 1.807) is 23.6 Å². The highest BCUT2D eigenvalue weighted by atomic mass is 32.2. The number of nitrogens with one attached hydrogen (secondary N) is 2. The second-order valence-corrected chi connectivity index (χ2v) is 11.8. The summed E-state index contributed by atoms with van der Waals surface area (Å²) in [5.41, 5.74) is 1.11. The lowest BCUT2D eigenvalue weighted by Gasteiger charge is -2.15. The van der Waals surface area contributed by atoms with Gasteiger partial charge in [0.05, 0.1) is 12.5 Å². The second kappa shape index (κ2) is 8.52. The molecule has 2 heterocycles. The van der Waals surface area contributed by atoms with Crippen LogP contribution in [0.25, 0.3) is 32.1 Å². The molecule has 12 heteroatoms. The van der Waals surface area contributed by atoms with Gasteiger partial charge in [0.15, 0.2) is 5.75 Å². The predicted octanol–water partition coefficient (Wildman–Crippen LogP) is 2.98. The molecule has 0 aliphatic rings. The van der Waals surface area contributed by atoms with Gasteiger partial charge in [-0.3, -0.25) is 4.79 Å². The Bertz CT molecular complexity index is 1660. The molecule has 0 radical (unpaired) electrons. The largest absolute Gasteiger partial charge is 0.382 e. The monoisotopic (exact) mass is 510 g/mol. The molecule has 0 unspecified atom stereocenters. The van der Waals surface area contributed by atoms with Crippen molar-refractivity contribution in [3.63, 3.8) is 0 Å². The van der Waals surface area contributed by atoms with Gasteiger partial charge in [-0.2, -0.15) is 8.42 Å². The Kier molecular flexibility index (Phi) is 6.03. The van der Waals surface area contributed by atoms with Crippen LogP contribution in [0, 0.1) is 5.82 Å². The number of pyridine rings is 1. The van der Waals surface area contributed by atoms with Crippen molar-refractivity contribution in [2.75, 3.05) is 19.1 Å². The van der Waals surface area contributed by atoms with E-state index in [4.69, 9.17) is 4.18 Å². The molecule has 0 spiro atoms. The zero-order chi connectivity index (χ0) is 24.0. The first-order valence-electron chi connectivity index (χ1n) is 9.62. The highest BCUT2D eigenvalue weighted by molar-refractivity contribution is 7.88. The fourth-order valence-electron chi connectivity index (χ4n) is 3.62. The number of aromatic amines is 1. The lowest BCUT2D eigenvalue weighted by atomic mass is 9.96. The Morgan fingerprint density at radius 2 is 1.85 bits per heavy atom. The van der Waals surface area contributed by atoms with Gasteiger partial charge in [0.25, 0.3) is 5.56 Å². The van der Waals surface area contributed by atoms with Crippen molar-refractivity contribution in [2.24, 2.45) is 0 Å². The predicted molar refractivity (Wildman–Crippen MR) is 127 cm³/mol. The topological polar surface area (TPSA) is 122 Å². The van der Waals surface area contributed by atoms with Gasteiger partial charge in [-0.05, 0) is 47.2 Å². The molecule has 2 aromatic carbocycles. The highest BCUT2D eigenvalue weighted by Crippen LogP contribution is 2.41. The van der Waals surface area contributed by atoms with Gasteiger partial charge in [-0.25, -0.2) is 17.5 Å². The number of H-pyrrole nitrogens is 1. The Balaban J connectivity index is 1.91. The van der Waals surface area contributed by atoms with Crippen LogP contribution < -0.4 is 14.5 Å². The Morgan fingerprint density at radius 1 is 1.09 bits per heavy atom. The molecule has 8 nitrogen and oxygen atoms in total. The summed E-state index contributed by atoms with van der Waals surface area (Å²) >= 11 is 1.24. The van der Waals surface area contributed by atoms with Crippen LogP contribution in [-0.4, -0.2) is 40.9 Å². The average molecular weight is 511 g/mol. The zero-order valence-corrected chi connectivity index (χ0v) is 20.0. The van der Waals surface area contributed by atoms with Crippen LogP contribution in [0.4, 0.5) is 4.39 Å². The standard InChI is InChI=1S/C21H19FN2O6S3/c1-32(26,27)23-9-7-12-3-4-13(11-15(12)22)18-17(30-33(2,28)29)6-5-16-19(18)14-8-10-31-20(14)21(25)24-16/h3-6,8,10-11,23H,7,9H2,1-2H3,(H,24,25). The van der Waals surface area contributed by atoms with E-state index >= 15 is 0 Å². The molecule has 2 aromatic heterocycles. The molecule has 0 bridgehead atoms. The summed E-state index contributed by atoms with van der Waals surface area (Å²) in [4.78, 5) is 15.2. The van der Waals surface area contributed by atoms with E-state index in [0.29, 0.717) is 32.1 Å². The quantitative estimate of drug-likeness (QED) is 0.369. The van der Waals surface area contributed by atoms with Crippen LogP contribution in [0.2, 0.25) is 0 Å². The molecule has 0 aliphatic heterocycles. The first-order chi connectivity index (χ1) is 15.4. The van der Waals surface area contributed by atoms with Gasteiger partial charge in [0.1, 0.15) is 10.5 Å². The SMILES string of the molecule is CS(=O)(=O)NCCc1ccc(-c2c(OS(C)(=O)=O)ccc3[nH]c(=O)c4sccc4c23)cc1F. The average Bonchev–Trinajstić information content (AvgIpc) is 3.18. The van der Waals surface area contributed by atoms with E-state index in [-0.39, 0.29) is 29.8 Å². The molecule has 0 amide bonds. The lowest BCUT2D eigenvalue weighted by Crippen LogP contribution is -2.24. The number of hydrogen-bond donors (Lipinski definition) is 2. The molecule has 4 aromatic rings. The lowest BCUT2D eigenvalue weighted by molar-refractivity contribution is 0.494. The summed E-state index contributed by atoms with van der Waals surface area (Å²) in [7, 11) is -7.30. The molecule has 4 rings (SSSR count). The third-order valence-corrected chi connectivity index (χ3v) is 7.02. The van der Waals surface area contributed by atoms with Crippen molar-refractivity contribution >= 4 is 52.5 Å². The number of aromatic nitrogens is 1. The third kappa shape index (κ3) is 5.08. The van der Waals surface area contributed by atoms with Crippen LogP contribution in [0.3, 0.4) is 0 Å². The maximum absolute atomic E-state index is 15.0. The second-order valence-electron chi connectivity index (χ2n) is 7.49. The van der Waals surface area contributed by atoms with Gasteiger partial charge in [0.2, 0.25) is 10.0 Å². The number of sulfonamides is 1. The number of rotatable bonds is 7. The summed E-state index contributed by atoms with van der Waals surface area (Å²) in [6.07, 6.45) is 2.06. The maximum atomic E-state index is 15.0. The fourth-order valence-corrected chi connectivity index (χ4v) is 5.36. The minimum Gasteiger partial charge on any atom is -0.382 e. The smallest absolute Gasteiger partial charge is 0.306 e. The van der Waals surface area contributed by atoms with Crippen molar-refractivity contribution in [1.82, 2.24) is 9.71 Å². The van der Waals surface area contributed by atoms with Crippen LogP contribution in [-0.2, 0) is 26.6 Å². The van der Waals surface area contributed by atoms with Gasteiger partial charge in [-0.15, -0.1) is 11.3 Å². The summed E-state index contributed by atoms with van der Waals surface area (Å²) in [5, 5.41) is 2.86. The molecule has 0 atom stereocenters. The molecular weight excluding hydrogens is 491 g/mol. The van der Waals surface area contributed by atoms with E-state index in [9.17, 15) is 26.0 Å². The number of benzene rings is 2. The molecule has 0 aliphatic carbocycles. The normalized spacial score (nSPS) is 12.5. The summed E-state index contributed by atoms with van der Waals surface area (Å²) in [5.74, 6) is -0.591. The van der Waals surface area contributed by atoms with E-state index in [1.165, 1.54) is 29.5 Å². The van der Waals surface area contributed by atoms with Gasteiger partial charge in [-0.1, -0.05) is 12.1 Å². The van der Waals surface area contributed by atoms with Crippen molar-refractivity contribution < 1.29 is 25.4 Å². The minimum absolute atomic E-state index is 0.00422. The van der Waals surface area contributed by atoms with Crippen molar-refractivity contribution in [2.45, 2.75) is 6.42 Å². The maximum Gasteiger partial charge on any atom is 0.306 e. The summed E-state index contributed by atoms with van der Waals surface area (Å²) in [6, 6.07) is 9.05. The first kappa shape index (κ1) is 23.4. The van der Waals surface area contributed by atoms with Gasteiger partial charge in [0, 0.05) is 28.4 Å². The number of fused-ring (bicyclic) bond motifs is 3. The zero-order valence-electron chi connectivity index (χ0n) is 17.5. The highest BCUT2D eigenvalue weighted by Gasteiger charge is 2.20. The van der Waals surface area contributed by atoms with E-state index in [1.807, 2.05) is 0 Å². The number of halogens is 1. The summed E-state index contributed by atoms with van der Waals surface area (Å²) in [6.45, 7) is 0.0303. The number of hydrogen-bond acceptors (Lipinski definition) is 7. The van der Waals surface area contributed by atoms with E-state index in [0.717, 1.165) is 12.5 Å². The van der Waals surface area contributed by atoms with E-state index in [2.05, 4.69) is 9.71 Å². The van der Waals surface area contributed by atoms with Crippen molar-refractivity contribution in [1.29, 1.82) is 0 Å². The van der Waals surface area contributed by atoms with Crippen LogP contribution in [0.1, 0.15) is 5.56 Å². The Labute approximate surface area is 193 Å². The molecule has 174 valence electrons. The molecule has 0 fully saturated rings. The minimum atomic E-state index is -3.90. The Hall–Kier alpha value is -2.80. The van der Waals surface area contributed by atoms with Crippen molar-refractivity contribution in [3.05, 3.63) is 63.5 Å². The summed E-state index contributed by atoms with van der Waals surface area (Å²) < 4.78 is 69.2. The van der Waals surface area contributed by atoms with Crippen LogP contribution in [0.15, 0.2) is 46.6 Å². The molecule has 33 heavy (non-hydrogen) atoms. The van der Waals surface area contributed by atoms with Gasteiger partial charge < -0.3 is 9.17 Å². The molecule has 2 N–H and O–H groups in total. The number of thiophene rings is 1. The Morgan fingerprint density at radius 3 is 2.52 bits per heavy atom. The van der Waals surface area contributed by atoms with Crippen LogP contribution >= 0.6 is 11.3 Å². The molecular formula is C21H19FN2O6S3. The van der Waals surface area contributed by atoms with E-state index < -0.39 is 26.0 Å². The molecule has 0 saturated heterocycles. The molecule has 0 saturated carbocycles.